The molecule has 0 nitrogen and oxygen atoms in total. The van der Waals surface area contributed by atoms with Gasteiger partial charge in [-0.15, -0.1) is 0 Å². The molecule has 0 aliphatic rings. The van der Waals surface area contributed by atoms with E-state index in [-0.39, 0.29) is 5.56 Å². The van der Waals surface area contributed by atoms with Crippen LogP contribution >= 0.6 is 0 Å². The largest absolute Gasteiger partial charge is 0.271 e. The van der Waals surface area contributed by atoms with Crippen LogP contribution in [0.1, 0.15) is 12.5 Å². The Bertz CT molecular complexity index is 513. The van der Waals surface area contributed by atoms with Crippen LogP contribution in [-0.4, -0.2) is 0 Å². The van der Waals surface area contributed by atoms with E-state index in [4.69, 9.17) is 0 Å². The molecule has 3 heteroatoms. The first-order valence-corrected chi connectivity index (χ1v) is 5.22. The molecular weight excluding hydrogens is 225 g/mol. The van der Waals surface area contributed by atoms with Crippen molar-refractivity contribution >= 4 is 0 Å². The number of rotatable bonds is 2. The quantitative estimate of drug-likeness (QED) is 0.714. The Kier molecular flexibility index (Phi) is 2.92. The maximum absolute atomic E-state index is 13.4. The van der Waals surface area contributed by atoms with E-state index in [0.29, 0.717) is 11.1 Å². The first-order chi connectivity index (χ1) is 7.98. The van der Waals surface area contributed by atoms with Crippen LogP contribution in [0, 0.1) is 5.82 Å². The van der Waals surface area contributed by atoms with Gasteiger partial charge >= 0.3 is 0 Å². The fourth-order valence-corrected chi connectivity index (χ4v) is 1.75. The van der Waals surface area contributed by atoms with E-state index >= 15 is 0 Å². The second-order valence-corrected chi connectivity index (χ2v) is 3.94. The Balaban J connectivity index is 2.63. The standard InChI is InChI=1S/C14H11F3/c1-14(16,17)13-9-11(15)7-8-12(13)10-5-3-2-4-6-10/h2-9H,1H3. The van der Waals surface area contributed by atoms with Gasteiger partial charge in [0.15, 0.2) is 0 Å². The molecule has 0 bridgehead atoms. The Labute approximate surface area is 97.7 Å². The van der Waals surface area contributed by atoms with Crippen molar-refractivity contribution in [2.75, 3.05) is 0 Å². The highest BCUT2D eigenvalue weighted by Crippen LogP contribution is 2.35. The third-order valence-corrected chi connectivity index (χ3v) is 2.54. The monoisotopic (exact) mass is 236 g/mol. The summed E-state index contributed by atoms with van der Waals surface area (Å²) >= 11 is 0. The highest BCUT2D eigenvalue weighted by atomic mass is 19.3. The van der Waals surface area contributed by atoms with Gasteiger partial charge in [0, 0.05) is 12.5 Å². The Morgan fingerprint density at radius 1 is 0.941 bits per heavy atom. The summed E-state index contributed by atoms with van der Waals surface area (Å²) in [4.78, 5) is 0. The minimum Gasteiger partial charge on any atom is -0.207 e. The first-order valence-electron chi connectivity index (χ1n) is 5.22. The van der Waals surface area contributed by atoms with Crippen LogP contribution in [0.5, 0.6) is 0 Å². The highest BCUT2D eigenvalue weighted by molar-refractivity contribution is 5.68. The van der Waals surface area contributed by atoms with Crippen LogP contribution in [0.15, 0.2) is 48.5 Å². The molecule has 0 fully saturated rings. The smallest absolute Gasteiger partial charge is 0.207 e. The van der Waals surface area contributed by atoms with Crippen molar-refractivity contribution in [3.05, 3.63) is 59.9 Å². The van der Waals surface area contributed by atoms with Gasteiger partial charge in [-0.3, -0.25) is 0 Å². The minimum atomic E-state index is -3.06. The highest BCUT2D eigenvalue weighted by Gasteiger charge is 2.28. The topological polar surface area (TPSA) is 0 Å². The summed E-state index contributed by atoms with van der Waals surface area (Å²) in [6, 6.07) is 12.2. The Hall–Kier alpha value is -1.77. The van der Waals surface area contributed by atoms with Crippen LogP contribution < -0.4 is 0 Å². The van der Waals surface area contributed by atoms with Crippen LogP contribution in [-0.2, 0) is 5.92 Å². The van der Waals surface area contributed by atoms with Gasteiger partial charge in [0.05, 0.1) is 0 Å². The van der Waals surface area contributed by atoms with E-state index < -0.39 is 11.7 Å². The first kappa shape index (κ1) is 11.7. The molecule has 0 amide bonds. The van der Waals surface area contributed by atoms with E-state index in [1.807, 2.05) is 0 Å². The molecule has 0 saturated carbocycles. The maximum atomic E-state index is 13.4. The van der Waals surface area contributed by atoms with Crippen LogP contribution in [0.25, 0.3) is 11.1 Å². The van der Waals surface area contributed by atoms with Gasteiger partial charge in [-0.1, -0.05) is 36.4 Å². The molecule has 0 heterocycles. The lowest BCUT2D eigenvalue weighted by Gasteiger charge is -2.16. The molecule has 0 aromatic heterocycles. The number of hydrogen-bond donors (Lipinski definition) is 0. The van der Waals surface area contributed by atoms with Gasteiger partial charge in [0.1, 0.15) is 5.82 Å². The number of halogens is 3. The van der Waals surface area contributed by atoms with Crippen molar-refractivity contribution in [3.63, 3.8) is 0 Å². The summed E-state index contributed by atoms with van der Waals surface area (Å²) in [5.74, 6) is -3.71. The third-order valence-electron chi connectivity index (χ3n) is 2.54. The summed E-state index contributed by atoms with van der Waals surface area (Å²) in [6.07, 6.45) is 0. The van der Waals surface area contributed by atoms with Gasteiger partial charge in [-0.05, 0) is 23.3 Å². The Morgan fingerprint density at radius 2 is 1.59 bits per heavy atom. The van der Waals surface area contributed by atoms with E-state index in [0.717, 1.165) is 13.0 Å². The van der Waals surface area contributed by atoms with Crippen LogP contribution in [0.4, 0.5) is 13.2 Å². The fourth-order valence-electron chi connectivity index (χ4n) is 1.75. The van der Waals surface area contributed by atoms with Gasteiger partial charge in [0.2, 0.25) is 0 Å². The predicted octanol–water partition coefficient (Wildman–Crippen LogP) is 4.60. The van der Waals surface area contributed by atoms with Crippen LogP contribution in [0.2, 0.25) is 0 Å². The summed E-state index contributed by atoms with van der Waals surface area (Å²) < 4.78 is 39.9. The maximum Gasteiger partial charge on any atom is 0.271 e. The van der Waals surface area contributed by atoms with Gasteiger partial charge < -0.3 is 0 Å². The normalized spacial score (nSPS) is 11.5. The van der Waals surface area contributed by atoms with E-state index in [2.05, 4.69) is 0 Å². The van der Waals surface area contributed by atoms with Gasteiger partial charge in [-0.2, -0.15) is 0 Å². The molecule has 0 unspecified atom stereocenters. The fraction of sp³-hybridized carbons (Fsp3) is 0.143. The van der Waals surface area contributed by atoms with E-state index in [9.17, 15) is 13.2 Å². The second kappa shape index (κ2) is 4.24. The predicted molar refractivity (Wildman–Crippen MR) is 61.4 cm³/mol. The van der Waals surface area contributed by atoms with Crippen molar-refractivity contribution in [2.24, 2.45) is 0 Å². The number of hydrogen-bond acceptors (Lipinski definition) is 0. The molecule has 0 radical (unpaired) electrons. The second-order valence-electron chi connectivity index (χ2n) is 3.94. The van der Waals surface area contributed by atoms with Crippen molar-refractivity contribution in [1.82, 2.24) is 0 Å². The molecular formula is C14H11F3. The van der Waals surface area contributed by atoms with Crippen molar-refractivity contribution in [3.8, 4) is 11.1 Å². The van der Waals surface area contributed by atoms with Gasteiger partial charge in [0.25, 0.3) is 5.92 Å². The van der Waals surface area contributed by atoms with E-state index in [1.54, 1.807) is 30.3 Å². The SMILES string of the molecule is CC(F)(F)c1cc(F)ccc1-c1ccccc1. The lowest BCUT2D eigenvalue weighted by Crippen LogP contribution is -2.09. The molecule has 0 saturated heterocycles. The Morgan fingerprint density at radius 3 is 2.18 bits per heavy atom. The average molecular weight is 236 g/mol. The molecule has 0 aliphatic carbocycles. The zero-order valence-electron chi connectivity index (χ0n) is 9.25. The summed E-state index contributed by atoms with van der Waals surface area (Å²) in [6.45, 7) is 0.772. The molecule has 0 aliphatic heterocycles. The zero-order valence-corrected chi connectivity index (χ0v) is 9.25. The molecule has 2 rings (SSSR count). The molecule has 0 N–H and O–H groups in total. The van der Waals surface area contributed by atoms with Crippen molar-refractivity contribution in [2.45, 2.75) is 12.8 Å². The lowest BCUT2D eigenvalue weighted by molar-refractivity contribution is 0.0178. The van der Waals surface area contributed by atoms with E-state index in [1.165, 1.54) is 12.1 Å². The van der Waals surface area contributed by atoms with Crippen molar-refractivity contribution in [1.29, 1.82) is 0 Å². The summed E-state index contributed by atoms with van der Waals surface area (Å²) in [5, 5.41) is 0. The summed E-state index contributed by atoms with van der Waals surface area (Å²) in [7, 11) is 0. The molecule has 0 atom stereocenters. The van der Waals surface area contributed by atoms with Gasteiger partial charge in [-0.25, -0.2) is 13.2 Å². The molecule has 2 aromatic carbocycles. The number of alkyl halides is 2. The van der Waals surface area contributed by atoms with Crippen LogP contribution in [0.3, 0.4) is 0 Å². The zero-order chi connectivity index (χ0) is 12.5. The lowest BCUT2D eigenvalue weighted by atomic mass is 9.96. The summed E-state index contributed by atoms with van der Waals surface area (Å²) in [5.41, 5.74) is 0.729. The third kappa shape index (κ3) is 2.49. The molecule has 17 heavy (non-hydrogen) atoms. The minimum absolute atomic E-state index is 0.288. The van der Waals surface area contributed by atoms with Crippen molar-refractivity contribution < 1.29 is 13.2 Å². The number of benzene rings is 2. The molecule has 88 valence electrons. The average Bonchev–Trinajstić information content (AvgIpc) is 2.29. The molecule has 2 aromatic rings. The molecule has 0 spiro atoms.